The Kier molecular flexibility index (Phi) is 6.57. The third-order valence-electron chi connectivity index (χ3n) is 3.63. The largest absolute Gasteiger partial charge is 0.495 e. The Hall–Kier alpha value is -2.61. The van der Waals surface area contributed by atoms with Gasteiger partial charge in [-0.25, -0.2) is 12.8 Å². The fourth-order valence-electron chi connectivity index (χ4n) is 2.47. The van der Waals surface area contributed by atoms with E-state index in [1.807, 2.05) is 0 Å². The monoisotopic (exact) mass is 380 g/mol. The van der Waals surface area contributed by atoms with Gasteiger partial charge in [0.1, 0.15) is 11.6 Å². The summed E-state index contributed by atoms with van der Waals surface area (Å²) in [5, 5.41) is 2.59. The summed E-state index contributed by atoms with van der Waals surface area (Å²) in [5.74, 6) is -0.326. The third kappa shape index (κ3) is 5.45. The van der Waals surface area contributed by atoms with Gasteiger partial charge in [-0.1, -0.05) is 18.2 Å². The van der Waals surface area contributed by atoms with Crippen LogP contribution in [0.2, 0.25) is 0 Å². The molecule has 0 unspecified atom stereocenters. The molecule has 0 heterocycles. The summed E-state index contributed by atoms with van der Waals surface area (Å²) in [5.41, 5.74) is 0.780. The number of amides is 1. The lowest BCUT2D eigenvalue weighted by Crippen LogP contribution is -2.31. The van der Waals surface area contributed by atoms with Gasteiger partial charge < -0.3 is 10.1 Å². The minimum absolute atomic E-state index is 0.0949. The van der Waals surface area contributed by atoms with Crippen LogP contribution < -0.4 is 14.4 Å². The maximum absolute atomic E-state index is 13.1. The number of rotatable bonds is 8. The van der Waals surface area contributed by atoms with Crippen LogP contribution >= 0.6 is 0 Å². The Balaban J connectivity index is 2.01. The van der Waals surface area contributed by atoms with Gasteiger partial charge in [-0.2, -0.15) is 0 Å². The van der Waals surface area contributed by atoms with Crippen molar-refractivity contribution < 1.29 is 22.3 Å². The molecule has 0 aliphatic carbocycles. The average molecular weight is 380 g/mol. The van der Waals surface area contributed by atoms with Gasteiger partial charge in [-0.15, -0.1) is 0 Å². The zero-order chi connectivity index (χ0) is 19.2. The van der Waals surface area contributed by atoms with Crippen molar-refractivity contribution in [3.63, 3.8) is 0 Å². The maximum Gasteiger partial charge on any atom is 0.232 e. The normalized spacial score (nSPS) is 11.0. The van der Waals surface area contributed by atoms with Crippen LogP contribution in [0.15, 0.2) is 48.5 Å². The molecule has 0 spiro atoms. The number of nitrogens with zero attached hydrogens (tertiary/aromatic N) is 1. The molecule has 8 heteroatoms. The predicted octanol–water partition coefficient (Wildman–Crippen LogP) is 3.02. The standard InChI is InChI=1S/C18H21FN2O4S/c1-25-17-10-4-3-9-16(17)21(26(2,23)24)12-6-11-18(22)20-15-8-5-7-14(19)13-15/h3-5,7-10,13H,6,11-12H2,1-2H3,(H,20,22). The van der Waals surface area contributed by atoms with E-state index in [-0.39, 0.29) is 18.9 Å². The van der Waals surface area contributed by atoms with E-state index in [4.69, 9.17) is 4.74 Å². The molecule has 0 aromatic heterocycles. The van der Waals surface area contributed by atoms with Crippen LogP contribution in [0.4, 0.5) is 15.8 Å². The van der Waals surface area contributed by atoms with E-state index in [1.54, 1.807) is 30.3 Å². The van der Waals surface area contributed by atoms with Crippen LogP contribution in [-0.4, -0.2) is 34.2 Å². The lowest BCUT2D eigenvalue weighted by Gasteiger charge is -2.24. The Morgan fingerprint density at radius 1 is 1.19 bits per heavy atom. The highest BCUT2D eigenvalue weighted by Crippen LogP contribution is 2.29. The highest BCUT2D eigenvalue weighted by molar-refractivity contribution is 7.92. The molecule has 0 fully saturated rings. The molecule has 0 bridgehead atoms. The molecule has 1 amide bonds. The zero-order valence-electron chi connectivity index (χ0n) is 14.6. The first kappa shape index (κ1) is 19.7. The van der Waals surface area contributed by atoms with Crippen molar-refractivity contribution in [2.45, 2.75) is 12.8 Å². The molecule has 1 N–H and O–H groups in total. The Labute approximate surface area is 152 Å². The van der Waals surface area contributed by atoms with Gasteiger partial charge in [-0.3, -0.25) is 9.10 Å². The van der Waals surface area contributed by atoms with Crippen LogP contribution in [0.1, 0.15) is 12.8 Å². The number of sulfonamides is 1. The first-order valence-corrected chi connectivity index (χ1v) is 9.82. The number of halogens is 1. The molecule has 6 nitrogen and oxygen atoms in total. The second kappa shape index (κ2) is 8.66. The van der Waals surface area contributed by atoms with Gasteiger partial charge in [0.25, 0.3) is 0 Å². The maximum atomic E-state index is 13.1. The van der Waals surface area contributed by atoms with E-state index in [1.165, 1.54) is 29.6 Å². The number of benzene rings is 2. The van der Waals surface area contributed by atoms with Crippen molar-refractivity contribution in [2.75, 3.05) is 29.5 Å². The van der Waals surface area contributed by atoms with E-state index < -0.39 is 15.8 Å². The van der Waals surface area contributed by atoms with E-state index in [9.17, 15) is 17.6 Å². The minimum Gasteiger partial charge on any atom is -0.495 e. The summed E-state index contributed by atoms with van der Waals surface area (Å²) in [6.45, 7) is 0.121. The zero-order valence-corrected chi connectivity index (χ0v) is 15.4. The Morgan fingerprint density at radius 3 is 2.58 bits per heavy atom. The van der Waals surface area contributed by atoms with Gasteiger partial charge in [0, 0.05) is 18.7 Å². The van der Waals surface area contributed by atoms with E-state index in [0.29, 0.717) is 23.5 Å². The van der Waals surface area contributed by atoms with Gasteiger partial charge >= 0.3 is 0 Å². The molecule has 0 aliphatic heterocycles. The summed E-state index contributed by atoms with van der Waals surface area (Å²) in [6.07, 6.45) is 1.50. The van der Waals surface area contributed by atoms with Crippen molar-refractivity contribution >= 4 is 27.3 Å². The van der Waals surface area contributed by atoms with Crippen LogP contribution in [0.5, 0.6) is 5.75 Å². The summed E-state index contributed by atoms with van der Waals surface area (Å²) >= 11 is 0. The van der Waals surface area contributed by atoms with E-state index in [0.717, 1.165) is 6.26 Å². The second-order valence-corrected chi connectivity index (χ2v) is 7.58. The SMILES string of the molecule is COc1ccccc1N(CCCC(=O)Nc1cccc(F)c1)S(C)(=O)=O. The molecule has 2 rings (SSSR count). The van der Waals surface area contributed by atoms with E-state index in [2.05, 4.69) is 5.32 Å². The second-order valence-electron chi connectivity index (χ2n) is 5.67. The number of anilines is 2. The van der Waals surface area contributed by atoms with Crippen LogP contribution in [0, 0.1) is 5.82 Å². The van der Waals surface area contributed by atoms with Crippen molar-refractivity contribution in [3.8, 4) is 5.75 Å². The molecule has 0 atom stereocenters. The number of ether oxygens (including phenoxy) is 1. The lowest BCUT2D eigenvalue weighted by molar-refractivity contribution is -0.116. The van der Waals surface area contributed by atoms with Crippen molar-refractivity contribution in [1.29, 1.82) is 0 Å². The molecular formula is C18H21FN2O4S. The third-order valence-corrected chi connectivity index (χ3v) is 4.81. The number of carbonyl (C=O) groups excluding carboxylic acids is 1. The van der Waals surface area contributed by atoms with Crippen LogP contribution in [0.3, 0.4) is 0 Å². The quantitative estimate of drug-likeness (QED) is 0.764. The number of nitrogens with one attached hydrogen (secondary N) is 1. The number of hydrogen-bond acceptors (Lipinski definition) is 4. The average Bonchev–Trinajstić information content (AvgIpc) is 2.57. The van der Waals surface area contributed by atoms with Crippen LogP contribution in [-0.2, 0) is 14.8 Å². The fourth-order valence-corrected chi connectivity index (χ4v) is 3.44. The topological polar surface area (TPSA) is 75.7 Å². The lowest BCUT2D eigenvalue weighted by atomic mass is 10.2. The first-order chi connectivity index (χ1) is 12.3. The van der Waals surface area contributed by atoms with Crippen molar-refractivity contribution in [2.24, 2.45) is 0 Å². The minimum atomic E-state index is -3.54. The number of carbonyl (C=O) groups is 1. The van der Waals surface area contributed by atoms with Gasteiger partial charge in [0.2, 0.25) is 15.9 Å². The molecule has 140 valence electrons. The van der Waals surface area contributed by atoms with Crippen LogP contribution in [0.25, 0.3) is 0 Å². The smallest absolute Gasteiger partial charge is 0.232 e. The van der Waals surface area contributed by atoms with Crippen molar-refractivity contribution in [3.05, 3.63) is 54.3 Å². The van der Waals surface area contributed by atoms with Gasteiger partial charge in [0.05, 0.1) is 19.1 Å². The Morgan fingerprint density at radius 2 is 1.92 bits per heavy atom. The molecular weight excluding hydrogens is 359 g/mol. The Bertz CT molecular complexity index is 871. The first-order valence-electron chi connectivity index (χ1n) is 7.97. The van der Waals surface area contributed by atoms with E-state index >= 15 is 0 Å². The molecule has 0 radical (unpaired) electrons. The molecule has 2 aromatic rings. The fraction of sp³-hybridized carbons (Fsp3) is 0.278. The van der Waals surface area contributed by atoms with Crippen molar-refractivity contribution in [1.82, 2.24) is 0 Å². The number of hydrogen-bond donors (Lipinski definition) is 1. The molecule has 0 aliphatic rings. The summed E-state index contributed by atoms with van der Waals surface area (Å²) in [7, 11) is -2.08. The number of methoxy groups -OCH3 is 1. The van der Waals surface area contributed by atoms with Gasteiger partial charge in [0.15, 0.2) is 0 Å². The predicted molar refractivity (Wildman–Crippen MR) is 99.4 cm³/mol. The molecule has 26 heavy (non-hydrogen) atoms. The summed E-state index contributed by atoms with van der Waals surface area (Å²) < 4.78 is 43.8. The number of para-hydroxylation sites is 2. The highest BCUT2D eigenvalue weighted by atomic mass is 32.2. The summed E-state index contributed by atoms with van der Waals surface area (Å²) in [4.78, 5) is 12.0. The van der Waals surface area contributed by atoms with Gasteiger partial charge in [-0.05, 0) is 36.8 Å². The molecule has 0 saturated heterocycles. The molecule has 2 aromatic carbocycles. The highest BCUT2D eigenvalue weighted by Gasteiger charge is 2.20. The summed E-state index contributed by atoms with van der Waals surface area (Å²) in [6, 6.07) is 12.4. The molecule has 0 saturated carbocycles.